The predicted molar refractivity (Wildman–Crippen MR) is 110 cm³/mol. The molecule has 2 aromatic rings. The number of hydrogen-bond acceptors (Lipinski definition) is 6. The maximum absolute atomic E-state index is 11.4. The van der Waals surface area contributed by atoms with E-state index < -0.39 is 24.0 Å². The Hall–Kier alpha value is -2.16. The number of nitrogens with zero attached hydrogens (tertiary/aromatic N) is 1. The van der Waals surface area contributed by atoms with Gasteiger partial charge in [0.25, 0.3) is 0 Å². The minimum atomic E-state index is -1.00. The van der Waals surface area contributed by atoms with Crippen molar-refractivity contribution in [2.75, 3.05) is 16.4 Å². The number of thiol groups is 2. The summed E-state index contributed by atoms with van der Waals surface area (Å²) in [5.41, 5.74) is 6.63. The third-order valence-electron chi connectivity index (χ3n) is 3.35. The van der Waals surface area contributed by atoms with Crippen molar-refractivity contribution in [2.45, 2.75) is 12.1 Å². The minimum Gasteiger partial charge on any atom is -0.480 e. The van der Waals surface area contributed by atoms with E-state index in [0.717, 1.165) is 11.4 Å². The second-order valence-electron chi connectivity index (χ2n) is 5.21. The van der Waals surface area contributed by atoms with Gasteiger partial charge in [0, 0.05) is 22.9 Å². The Labute approximate surface area is 163 Å². The predicted octanol–water partition coefficient (Wildman–Crippen LogP) is 2.54. The minimum absolute atomic E-state index is 0.190. The van der Waals surface area contributed by atoms with E-state index in [1.807, 2.05) is 60.7 Å². The molecule has 4 N–H and O–H groups in total. The Morgan fingerprint density at radius 2 is 1.27 bits per heavy atom. The number of aliphatic carboxylic acids is 2. The Morgan fingerprint density at radius 3 is 1.50 bits per heavy atom. The third kappa shape index (κ3) is 6.62. The molecule has 0 heterocycles. The molecule has 0 aliphatic carbocycles. The summed E-state index contributed by atoms with van der Waals surface area (Å²) >= 11 is 7.82. The van der Waals surface area contributed by atoms with Gasteiger partial charge in [0.05, 0.1) is 0 Å². The van der Waals surface area contributed by atoms with E-state index in [1.54, 1.807) is 4.90 Å². The molecule has 140 valence electrons. The smallest absolute Gasteiger partial charge is 0.327 e. The average Bonchev–Trinajstić information content (AvgIpc) is 2.66. The van der Waals surface area contributed by atoms with E-state index in [1.165, 1.54) is 0 Å². The summed E-state index contributed by atoms with van der Waals surface area (Å²) in [7, 11) is 0. The number of rotatable bonds is 7. The van der Waals surface area contributed by atoms with E-state index in [2.05, 4.69) is 25.3 Å². The lowest BCUT2D eigenvalue weighted by Crippen LogP contribution is -2.39. The summed E-state index contributed by atoms with van der Waals surface area (Å²) in [5, 5.41) is 17.4. The molecule has 2 unspecified atom stereocenters. The first-order chi connectivity index (χ1) is 12.4. The zero-order chi connectivity index (χ0) is 19.5. The molecule has 2 aromatic carbocycles. The molecule has 26 heavy (non-hydrogen) atoms. The van der Waals surface area contributed by atoms with Gasteiger partial charge in [-0.1, -0.05) is 36.4 Å². The highest BCUT2D eigenvalue weighted by Crippen LogP contribution is 2.28. The summed E-state index contributed by atoms with van der Waals surface area (Å²) in [6.07, 6.45) is 0. The highest BCUT2D eigenvalue weighted by atomic mass is 32.1. The zero-order valence-corrected chi connectivity index (χ0v) is 15.8. The van der Waals surface area contributed by atoms with Gasteiger partial charge in [-0.15, -0.1) is 0 Å². The Morgan fingerprint density at radius 1 is 0.846 bits per heavy atom. The van der Waals surface area contributed by atoms with E-state index >= 15 is 0 Å². The van der Waals surface area contributed by atoms with Crippen molar-refractivity contribution >= 4 is 48.6 Å². The summed E-state index contributed by atoms with van der Waals surface area (Å²) in [6.45, 7) is 0. The summed E-state index contributed by atoms with van der Waals surface area (Å²) in [5.74, 6) is -1.47. The van der Waals surface area contributed by atoms with Crippen LogP contribution >= 0.6 is 25.3 Å². The summed E-state index contributed by atoms with van der Waals surface area (Å²) < 4.78 is 0. The van der Waals surface area contributed by atoms with Gasteiger partial charge in [0.15, 0.2) is 0 Å². The number of carbonyl (C=O) groups is 2. The van der Waals surface area contributed by atoms with Crippen molar-refractivity contribution in [1.82, 2.24) is 0 Å². The Kier molecular flexibility index (Phi) is 9.64. The lowest BCUT2D eigenvalue weighted by atomic mass is 10.1. The normalized spacial score (nSPS) is 12.3. The van der Waals surface area contributed by atoms with E-state index in [0.29, 0.717) is 0 Å². The first kappa shape index (κ1) is 21.9. The van der Waals surface area contributed by atoms with Crippen LogP contribution in [0, 0.1) is 0 Å². The molecule has 0 bridgehead atoms. The Balaban J connectivity index is 0.000000412. The van der Waals surface area contributed by atoms with Gasteiger partial charge in [0.2, 0.25) is 0 Å². The van der Waals surface area contributed by atoms with Gasteiger partial charge in [-0.2, -0.15) is 25.3 Å². The van der Waals surface area contributed by atoms with Crippen LogP contribution in [0.1, 0.15) is 0 Å². The molecule has 0 radical (unpaired) electrons. The molecule has 2 rings (SSSR count). The van der Waals surface area contributed by atoms with Crippen LogP contribution in [0.4, 0.5) is 11.4 Å². The maximum atomic E-state index is 11.4. The van der Waals surface area contributed by atoms with Gasteiger partial charge in [-0.25, -0.2) is 4.79 Å². The third-order valence-corrected chi connectivity index (χ3v) is 4.09. The molecule has 0 saturated heterocycles. The van der Waals surface area contributed by atoms with Crippen molar-refractivity contribution < 1.29 is 19.8 Å². The maximum Gasteiger partial charge on any atom is 0.327 e. The second kappa shape index (κ2) is 11.5. The van der Waals surface area contributed by atoms with Crippen LogP contribution < -0.4 is 10.6 Å². The van der Waals surface area contributed by atoms with Crippen LogP contribution in [-0.4, -0.2) is 45.7 Å². The van der Waals surface area contributed by atoms with Crippen molar-refractivity contribution in [2.24, 2.45) is 5.73 Å². The fourth-order valence-electron chi connectivity index (χ4n) is 2.03. The van der Waals surface area contributed by atoms with Crippen molar-refractivity contribution in [1.29, 1.82) is 0 Å². The monoisotopic (exact) mass is 394 g/mol. The Bertz CT molecular complexity index is 647. The molecule has 0 amide bonds. The first-order valence-electron chi connectivity index (χ1n) is 7.74. The number of para-hydroxylation sites is 2. The molecular formula is C18H22N2O4S2. The van der Waals surface area contributed by atoms with Crippen LogP contribution in [0.15, 0.2) is 60.7 Å². The highest BCUT2D eigenvalue weighted by Gasteiger charge is 2.25. The number of hydrogen-bond donors (Lipinski definition) is 5. The molecule has 0 aromatic heterocycles. The van der Waals surface area contributed by atoms with Crippen molar-refractivity contribution in [3.05, 3.63) is 60.7 Å². The molecule has 2 atom stereocenters. The molecule has 0 aliphatic heterocycles. The molecule has 8 heteroatoms. The molecule has 0 fully saturated rings. The second-order valence-corrected chi connectivity index (χ2v) is 5.94. The topological polar surface area (TPSA) is 104 Å². The number of carboxylic acid groups (broad SMARTS) is 2. The van der Waals surface area contributed by atoms with Gasteiger partial charge < -0.3 is 20.8 Å². The van der Waals surface area contributed by atoms with E-state index in [9.17, 15) is 14.7 Å². The van der Waals surface area contributed by atoms with Crippen LogP contribution in [0.25, 0.3) is 0 Å². The van der Waals surface area contributed by atoms with Crippen LogP contribution in [0.2, 0.25) is 0 Å². The van der Waals surface area contributed by atoms with Crippen molar-refractivity contribution in [3.63, 3.8) is 0 Å². The van der Waals surface area contributed by atoms with Gasteiger partial charge >= 0.3 is 11.9 Å². The first-order valence-corrected chi connectivity index (χ1v) is 9.01. The number of benzene rings is 2. The van der Waals surface area contributed by atoms with Crippen LogP contribution in [-0.2, 0) is 9.59 Å². The van der Waals surface area contributed by atoms with Gasteiger partial charge in [0.1, 0.15) is 12.1 Å². The largest absolute Gasteiger partial charge is 0.480 e. The number of anilines is 2. The highest BCUT2D eigenvalue weighted by molar-refractivity contribution is 7.80. The fraction of sp³-hybridized carbons (Fsp3) is 0.222. The lowest BCUT2D eigenvalue weighted by Gasteiger charge is -2.30. The summed E-state index contributed by atoms with van der Waals surface area (Å²) in [4.78, 5) is 23.0. The lowest BCUT2D eigenvalue weighted by molar-refractivity contribution is -0.138. The van der Waals surface area contributed by atoms with Crippen LogP contribution in [0.5, 0.6) is 0 Å². The molecule has 6 nitrogen and oxygen atoms in total. The fourth-order valence-corrected chi connectivity index (χ4v) is 2.51. The average molecular weight is 395 g/mol. The number of nitrogens with two attached hydrogens (primary N) is 1. The van der Waals surface area contributed by atoms with Gasteiger partial charge in [-0.05, 0) is 24.3 Å². The van der Waals surface area contributed by atoms with Gasteiger partial charge in [-0.3, -0.25) is 4.79 Å². The molecule has 0 spiro atoms. The molecule has 0 saturated carbocycles. The van der Waals surface area contributed by atoms with E-state index in [-0.39, 0.29) is 11.5 Å². The number of carboxylic acids is 2. The van der Waals surface area contributed by atoms with Crippen molar-refractivity contribution in [3.8, 4) is 0 Å². The standard InChI is InChI=1S/C15H15NO2S.C3H7NO2S/c17-15(18)14(11-19)16(12-7-3-1-4-8-12)13-9-5-2-6-10-13;4-2(1-7)3(5)6/h1-10,14,19H,11H2,(H,17,18);2,7H,1,4H2,(H,5,6). The summed E-state index contributed by atoms with van der Waals surface area (Å²) in [6, 6.07) is 17.4. The SMILES string of the molecule is NC(CS)C(=O)O.O=C(O)C(CS)N(c1ccccc1)c1ccccc1. The molecular weight excluding hydrogens is 372 g/mol. The quantitative estimate of drug-likeness (QED) is 0.463. The molecule has 0 aliphatic rings. The van der Waals surface area contributed by atoms with E-state index in [4.69, 9.17) is 10.8 Å². The zero-order valence-electron chi connectivity index (χ0n) is 14.0. The van der Waals surface area contributed by atoms with Crippen LogP contribution in [0.3, 0.4) is 0 Å².